The van der Waals surface area contributed by atoms with Gasteiger partial charge in [0.05, 0.1) is 0 Å². The van der Waals surface area contributed by atoms with E-state index in [1.54, 1.807) is 0 Å². The molecule has 0 unspecified atom stereocenters. The van der Waals surface area contributed by atoms with Crippen molar-refractivity contribution in [2.24, 2.45) is 5.41 Å². The molecule has 1 rings (SSSR count). The molecule has 16 heavy (non-hydrogen) atoms. The molecule has 0 aromatic heterocycles. The SMILES string of the molecule is CCC1(CN(C)CCNC(C)C)CCCC1. The van der Waals surface area contributed by atoms with Crippen molar-refractivity contribution in [1.82, 2.24) is 10.2 Å². The molecular formula is C14H30N2. The van der Waals surface area contributed by atoms with E-state index in [0.29, 0.717) is 11.5 Å². The van der Waals surface area contributed by atoms with Crippen LogP contribution in [0.1, 0.15) is 52.9 Å². The van der Waals surface area contributed by atoms with E-state index in [4.69, 9.17) is 0 Å². The number of nitrogens with one attached hydrogen (secondary N) is 1. The van der Waals surface area contributed by atoms with E-state index in [1.165, 1.54) is 45.2 Å². The third-order valence-corrected chi connectivity index (χ3v) is 4.07. The van der Waals surface area contributed by atoms with Gasteiger partial charge in [-0.15, -0.1) is 0 Å². The second-order valence-electron chi connectivity index (χ2n) is 5.91. The number of likely N-dealkylation sites (N-methyl/N-ethyl adjacent to an activating group) is 1. The largest absolute Gasteiger partial charge is 0.313 e. The van der Waals surface area contributed by atoms with Gasteiger partial charge in [-0.25, -0.2) is 0 Å². The summed E-state index contributed by atoms with van der Waals surface area (Å²) in [4.78, 5) is 2.52. The first-order chi connectivity index (χ1) is 7.58. The Hall–Kier alpha value is -0.0800. The molecule has 2 nitrogen and oxygen atoms in total. The quantitative estimate of drug-likeness (QED) is 0.718. The summed E-state index contributed by atoms with van der Waals surface area (Å²) in [6, 6.07) is 0.611. The van der Waals surface area contributed by atoms with Crippen LogP contribution in [0.3, 0.4) is 0 Å². The fraction of sp³-hybridized carbons (Fsp3) is 1.00. The maximum absolute atomic E-state index is 3.49. The van der Waals surface area contributed by atoms with Crippen molar-refractivity contribution in [3.05, 3.63) is 0 Å². The van der Waals surface area contributed by atoms with Crippen molar-refractivity contribution in [3.63, 3.8) is 0 Å². The van der Waals surface area contributed by atoms with Gasteiger partial charge in [0, 0.05) is 25.7 Å². The van der Waals surface area contributed by atoms with E-state index in [-0.39, 0.29) is 0 Å². The van der Waals surface area contributed by atoms with Crippen LogP contribution in [0.2, 0.25) is 0 Å². The zero-order valence-corrected chi connectivity index (χ0v) is 11.7. The summed E-state index contributed by atoms with van der Waals surface area (Å²) in [5.41, 5.74) is 0.645. The van der Waals surface area contributed by atoms with E-state index in [1.807, 2.05) is 0 Å². The molecule has 0 radical (unpaired) electrons. The van der Waals surface area contributed by atoms with Crippen molar-refractivity contribution in [1.29, 1.82) is 0 Å². The predicted octanol–water partition coefficient (Wildman–Crippen LogP) is 2.89. The molecule has 0 aromatic carbocycles. The van der Waals surface area contributed by atoms with Gasteiger partial charge >= 0.3 is 0 Å². The summed E-state index contributed by atoms with van der Waals surface area (Å²) in [5, 5.41) is 3.49. The number of nitrogens with zero attached hydrogens (tertiary/aromatic N) is 1. The molecule has 0 bridgehead atoms. The van der Waals surface area contributed by atoms with Crippen LogP contribution in [0.4, 0.5) is 0 Å². The Morgan fingerprint density at radius 3 is 2.38 bits per heavy atom. The van der Waals surface area contributed by atoms with Gasteiger partial charge in [-0.3, -0.25) is 0 Å². The number of hydrogen-bond donors (Lipinski definition) is 1. The molecule has 1 fully saturated rings. The summed E-state index contributed by atoms with van der Waals surface area (Å²) in [6.07, 6.45) is 7.16. The lowest BCUT2D eigenvalue weighted by Crippen LogP contribution is -2.38. The Kier molecular flexibility index (Phi) is 5.77. The maximum atomic E-state index is 3.49. The van der Waals surface area contributed by atoms with Crippen LogP contribution in [-0.2, 0) is 0 Å². The summed E-state index contributed by atoms with van der Waals surface area (Å²) >= 11 is 0. The third-order valence-electron chi connectivity index (χ3n) is 4.07. The van der Waals surface area contributed by atoms with Crippen LogP contribution in [0.25, 0.3) is 0 Å². The third kappa shape index (κ3) is 4.42. The van der Waals surface area contributed by atoms with E-state index in [9.17, 15) is 0 Å². The molecule has 0 atom stereocenters. The molecule has 2 heteroatoms. The highest BCUT2D eigenvalue weighted by Gasteiger charge is 2.32. The zero-order valence-electron chi connectivity index (χ0n) is 11.7. The minimum absolute atomic E-state index is 0.611. The first-order valence-corrected chi connectivity index (χ1v) is 7.00. The molecule has 0 aromatic rings. The van der Waals surface area contributed by atoms with Gasteiger partial charge in [0.15, 0.2) is 0 Å². The van der Waals surface area contributed by atoms with Crippen LogP contribution in [-0.4, -0.2) is 37.6 Å². The molecule has 0 spiro atoms. The highest BCUT2D eigenvalue weighted by molar-refractivity contribution is 4.85. The van der Waals surface area contributed by atoms with Gasteiger partial charge < -0.3 is 10.2 Å². The van der Waals surface area contributed by atoms with Crippen LogP contribution in [0.15, 0.2) is 0 Å². The number of hydrogen-bond acceptors (Lipinski definition) is 2. The van der Waals surface area contributed by atoms with E-state index in [0.717, 1.165) is 6.54 Å². The van der Waals surface area contributed by atoms with Gasteiger partial charge in [0.2, 0.25) is 0 Å². The van der Waals surface area contributed by atoms with Crippen LogP contribution in [0.5, 0.6) is 0 Å². The molecule has 96 valence electrons. The Bertz CT molecular complexity index is 183. The van der Waals surface area contributed by atoms with Crippen molar-refractivity contribution in [2.75, 3.05) is 26.7 Å². The van der Waals surface area contributed by atoms with Crippen LogP contribution >= 0.6 is 0 Å². The molecule has 0 aliphatic heterocycles. The fourth-order valence-electron chi connectivity index (χ4n) is 2.94. The van der Waals surface area contributed by atoms with E-state index >= 15 is 0 Å². The van der Waals surface area contributed by atoms with Crippen LogP contribution < -0.4 is 5.32 Å². The van der Waals surface area contributed by atoms with Gasteiger partial charge in [-0.05, 0) is 31.7 Å². The lowest BCUT2D eigenvalue weighted by atomic mass is 9.83. The van der Waals surface area contributed by atoms with Crippen LogP contribution in [0, 0.1) is 5.41 Å². The average Bonchev–Trinajstić information content (AvgIpc) is 2.66. The fourth-order valence-corrected chi connectivity index (χ4v) is 2.94. The normalized spacial score (nSPS) is 19.9. The highest BCUT2D eigenvalue weighted by Crippen LogP contribution is 2.41. The standard InChI is InChI=1S/C14H30N2/c1-5-14(8-6-7-9-14)12-16(4)11-10-15-13(2)3/h13,15H,5-12H2,1-4H3. The molecule has 0 saturated heterocycles. The van der Waals surface area contributed by atoms with Crippen molar-refractivity contribution in [3.8, 4) is 0 Å². The first kappa shape index (κ1) is 14.0. The second-order valence-corrected chi connectivity index (χ2v) is 5.91. The smallest absolute Gasteiger partial charge is 0.0104 e. The Morgan fingerprint density at radius 2 is 1.88 bits per heavy atom. The lowest BCUT2D eigenvalue weighted by molar-refractivity contribution is 0.171. The van der Waals surface area contributed by atoms with Gasteiger partial charge in [-0.2, -0.15) is 0 Å². The van der Waals surface area contributed by atoms with Gasteiger partial charge in [0.1, 0.15) is 0 Å². The zero-order chi connectivity index (χ0) is 12.0. The van der Waals surface area contributed by atoms with Crippen molar-refractivity contribution < 1.29 is 0 Å². The first-order valence-electron chi connectivity index (χ1n) is 7.00. The average molecular weight is 226 g/mol. The highest BCUT2D eigenvalue weighted by atomic mass is 15.1. The van der Waals surface area contributed by atoms with Gasteiger partial charge in [0.25, 0.3) is 0 Å². The molecule has 1 saturated carbocycles. The molecule has 1 aliphatic rings. The number of rotatable bonds is 7. The Labute approximate surface area is 102 Å². The topological polar surface area (TPSA) is 15.3 Å². The van der Waals surface area contributed by atoms with E-state index < -0.39 is 0 Å². The molecule has 0 heterocycles. The molecule has 0 amide bonds. The summed E-state index contributed by atoms with van der Waals surface area (Å²) in [7, 11) is 2.28. The molecule has 1 N–H and O–H groups in total. The maximum Gasteiger partial charge on any atom is 0.0104 e. The lowest BCUT2D eigenvalue weighted by Gasteiger charge is -2.32. The summed E-state index contributed by atoms with van der Waals surface area (Å²) in [6.45, 7) is 10.4. The van der Waals surface area contributed by atoms with E-state index in [2.05, 4.69) is 38.0 Å². The predicted molar refractivity (Wildman–Crippen MR) is 71.8 cm³/mol. The minimum Gasteiger partial charge on any atom is -0.313 e. The summed E-state index contributed by atoms with van der Waals surface area (Å²) < 4.78 is 0. The Morgan fingerprint density at radius 1 is 1.25 bits per heavy atom. The Balaban J connectivity index is 2.24. The minimum atomic E-state index is 0.611. The van der Waals surface area contributed by atoms with Gasteiger partial charge in [-0.1, -0.05) is 33.6 Å². The molecular weight excluding hydrogens is 196 g/mol. The molecule has 1 aliphatic carbocycles. The van der Waals surface area contributed by atoms with Crippen molar-refractivity contribution >= 4 is 0 Å². The second kappa shape index (κ2) is 6.61. The monoisotopic (exact) mass is 226 g/mol. The van der Waals surface area contributed by atoms with Crippen molar-refractivity contribution in [2.45, 2.75) is 58.9 Å². The summed E-state index contributed by atoms with van der Waals surface area (Å²) in [5.74, 6) is 0.